The Morgan fingerprint density at radius 1 is 1.44 bits per heavy atom. The maximum absolute atomic E-state index is 13.6. The van der Waals surface area contributed by atoms with Gasteiger partial charge in [0, 0.05) is 18.2 Å². The molecule has 0 bridgehead atoms. The number of hydrogen-bond acceptors (Lipinski definition) is 1. The minimum atomic E-state index is -0.264. The van der Waals surface area contributed by atoms with Crippen molar-refractivity contribution >= 4 is 5.91 Å². The number of halogens is 1. The van der Waals surface area contributed by atoms with Crippen molar-refractivity contribution in [3.8, 4) is 0 Å². The number of fused-ring (bicyclic) bond motifs is 1. The average molecular weight is 221 g/mol. The highest BCUT2D eigenvalue weighted by Gasteiger charge is 2.30. The van der Waals surface area contributed by atoms with Crippen molar-refractivity contribution in [2.24, 2.45) is 0 Å². The summed E-state index contributed by atoms with van der Waals surface area (Å²) in [6.07, 6.45) is 0.662. The van der Waals surface area contributed by atoms with Crippen molar-refractivity contribution in [1.29, 1.82) is 0 Å². The Morgan fingerprint density at radius 2 is 2.12 bits per heavy atom. The van der Waals surface area contributed by atoms with E-state index < -0.39 is 0 Å². The largest absolute Gasteiger partial charge is 0.332 e. The van der Waals surface area contributed by atoms with Crippen LogP contribution in [0.1, 0.15) is 42.3 Å². The smallest absolute Gasteiger partial charge is 0.254 e. The minimum absolute atomic E-state index is 0.0495. The molecule has 1 amide bonds. The second kappa shape index (κ2) is 3.89. The van der Waals surface area contributed by atoms with Crippen LogP contribution in [0.2, 0.25) is 0 Å². The summed E-state index contributed by atoms with van der Waals surface area (Å²) in [4.78, 5) is 13.7. The van der Waals surface area contributed by atoms with E-state index >= 15 is 0 Å². The van der Waals surface area contributed by atoms with Gasteiger partial charge in [-0.05, 0) is 37.5 Å². The van der Waals surface area contributed by atoms with Gasteiger partial charge in [-0.1, -0.05) is 13.0 Å². The van der Waals surface area contributed by atoms with Crippen LogP contribution < -0.4 is 0 Å². The molecular formula is C13H16FNO. The molecular weight excluding hydrogens is 205 g/mol. The Balaban J connectivity index is 2.44. The van der Waals surface area contributed by atoms with Gasteiger partial charge in [0.25, 0.3) is 5.91 Å². The van der Waals surface area contributed by atoms with Crippen molar-refractivity contribution in [3.63, 3.8) is 0 Å². The van der Waals surface area contributed by atoms with Gasteiger partial charge in [-0.3, -0.25) is 4.79 Å². The lowest BCUT2D eigenvalue weighted by molar-refractivity contribution is 0.0730. The molecule has 2 nitrogen and oxygen atoms in total. The first-order valence-corrected chi connectivity index (χ1v) is 5.66. The number of nitrogens with zero attached hydrogens (tertiary/aromatic N) is 1. The summed E-state index contributed by atoms with van der Waals surface area (Å²) in [6.45, 7) is 6.47. The van der Waals surface area contributed by atoms with E-state index in [2.05, 4.69) is 0 Å². The predicted molar refractivity (Wildman–Crippen MR) is 60.8 cm³/mol. The molecule has 0 radical (unpaired) electrons. The van der Waals surface area contributed by atoms with E-state index in [9.17, 15) is 9.18 Å². The molecule has 86 valence electrons. The Labute approximate surface area is 95.1 Å². The molecule has 1 heterocycles. The van der Waals surface area contributed by atoms with E-state index in [0.29, 0.717) is 24.1 Å². The highest BCUT2D eigenvalue weighted by atomic mass is 19.1. The second-order valence-corrected chi connectivity index (χ2v) is 4.48. The second-order valence-electron chi connectivity index (χ2n) is 4.48. The van der Waals surface area contributed by atoms with Crippen molar-refractivity contribution in [2.75, 3.05) is 0 Å². The summed E-state index contributed by atoms with van der Waals surface area (Å²) in [5, 5.41) is 0. The molecule has 1 aliphatic rings. The number of carbonyl (C=O) groups is 1. The number of amides is 1. The first-order valence-electron chi connectivity index (χ1n) is 5.66. The third-order valence-corrected chi connectivity index (χ3v) is 3.11. The maximum atomic E-state index is 13.6. The zero-order chi connectivity index (χ0) is 11.9. The Hall–Kier alpha value is -1.38. The molecule has 0 atom stereocenters. The lowest BCUT2D eigenvalue weighted by atomic mass is 10.0. The van der Waals surface area contributed by atoms with Gasteiger partial charge in [0.1, 0.15) is 5.82 Å². The number of hydrogen-bond donors (Lipinski definition) is 0. The topological polar surface area (TPSA) is 20.3 Å². The molecule has 1 aromatic carbocycles. The van der Waals surface area contributed by atoms with Crippen LogP contribution in [-0.2, 0) is 13.0 Å². The van der Waals surface area contributed by atoms with Crippen LogP contribution in [0.5, 0.6) is 0 Å². The van der Waals surface area contributed by atoms with E-state index in [1.165, 1.54) is 6.07 Å². The first-order chi connectivity index (χ1) is 7.54. The first kappa shape index (κ1) is 11.1. The fourth-order valence-electron chi connectivity index (χ4n) is 2.10. The monoisotopic (exact) mass is 221 g/mol. The number of rotatable bonds is 2. The van der Waals surface area contributed by atoms with Gasteiger partial charge in [-0.25, -0.2) is 4.39 Å². The van der Waals surface area contributed by atoms with Crippen LogP contribution in [-0.4, -0.2) is 16.8 Å². The molecule has 0 saturated carbocycles. The molecule has 1 aromatic rings. The van der Waals surface area contributed by atoms with Crippen LogP contribution in [0.15, 0.2) is 12.1 Å². The van der Waals surface area contributed by atoms with E-state index in [1.54, 1.807) is 4.90 Å². The zero-order valence-electron chi connectivity index (χ0n) is 9.88. The lowest BCUT2D eigenvalue weighted by Crippen LogP contribution is -2.30. The molecule has 3 heteroatoms. The van der Waals surface area contributed by atoms with Crippen LogP contribution >= 0.6 is 0 Å². The molecule has 0 spiro atoms. The minimum Gasteiger partial charge on any atom is -0.332 e. The molecule has 0 unspecified atom stereocenters. The Bertz CT molecular complexity index is 440. The predicted octanol–water partition coefficient (Wildman–Crippen LogP) is 2.75. The fraction of sp³-hybridized carbons (Fsp3) is 0.462. The van der Waals surface area contributed by atoms with Crippen molar-refractivity contribution in [3.05, 3.63) is 34.6 Å². The number of aryl methyl sites for hydroxylation is 1. The van der Waals surface area contributed by atoms with E-state index in [1.807, 2.05) is 26.8 Å². The standard InChI is InChI=1S/C13H16FNO/c1-4-9-5-10-7-15(8(2)3)13(16)11(10)6-12(9)14/h5-6,8H,4,7H2,1-3H3. The molecule has 0 aliphatic carbocycles. The highest BCUT2D eigenvalue weighted by Crippen LogP contribution is 2.27. The average Bonchev–Trinajstić information content (AvgIpc) is 2.55. The summed E-state index contributed by atoms with van der Waals surface area (Å²) in [5.41, 5.74) is 2.18. The van der Waals surface area contributed by atoms with Gasteiger partial charge in [0.15, 0.2) is 0 Å². The SMILES string of the molecule is CCc1cc2c(cc1F)C(=O)N(C(C)C)C2. The fourth-order valence-corrected chi connectivity index (χ4v) is 2.10. The van der Waals surface area contributed by atoms with Crippen LogP contribution in [0, 0.1) is 5.82 Å². The molecule has 16 heavy (non-hydrogen) atoms. The van der Waals surface area contributed by atoms with Gasteiger partial charge < -0.3 is 4.90 Å². The zero-order valence-corrected chi connectivity index (χ0v) is 9.88. The van der Waals surface area contributed by atoms with E-state index in [-0.39, 0.29) is 17.8 Å². The van der Waals surface area contributed by atoms with E-state index in [0.717, 1.165) is 5.56 Å². The van der Waals surface area contributed by atoms with Gasteiger partial charge >= 0.3 is 0 Å². The third kappa shape index (κ3) is 1.60. The van der Waals surface area contributed by atoms with Crippen molar-refractivity contribution in [1.82, 2.24) is 4.90 Å². The Morgan fingerprint density at radius 3 is 2.69 bits per heavy atom. The molecule has 0 N–H and O–H groups in total. The quantitative estimate of drug-likeness (QED) is 0.752. The highest BCUT2D eigenvalue weighted by molar-refractivity contribution is 5.98. The van der Waals surface area contributed by atoms with E-state index in [4.69, 9.17) is 0 Å². The van der Waals surface area contributed by atoms with Gasteiger partial charge in [-0.15, -0.1) is 0 Å². The van der Waals surface area contributed by atoms with Crippen molar-refractivity contribution < 1.29 is 9.18 Å². The summed E-state index contributed by atoms with van der Waals surface area (Å²) < 4.78 is 13.6. The summed E-state index contributed by atoms with van der Waals surface area (Å²) in [7, 11) is 0. The molecule has 0 aromatic heterocycles. The summed E-state index contributed by atoms with van der Waals surface area (Å²) >= 11 is 0. The van der Waals surface area contributed by atoms with Gasteiger partial charge in [0.05, 0.1) is 0 Å². The normalized spacial score (nSPS) is 14.8. The van der Waals surface area contributed by atoms with Crippen LogP contribution in [0.25, 0.3) is 0 Å². The number of benzene rings is 1. The van der Waals surface area contributed by atoms with Crippen LogP contribution in [0.4, 0.5) is 4.39 Å². The lowest BCUT2D eigenvalue weighted by Gasteiger charge is -2.19. The molecule has 2 rings (SSSR count). The van der Waals surface area contributed by atoms with Crippen molar-refractivity contribution in [2.45, 2.75) is 39.8 Å². The molecule has 0 fully saturated rings. The summed E-state index contributed by atoms with van der Waals surface area (Å²) in [6, 6.07) is 3.37. The van der Waals surface area contributed by atoms with Gasteiger partial charge in [-0.2, -0.15) is 0 Å². The molecule has 1 aliphatic heterocycles. The Kier molecular flexibility index (Phi) is 2.70. The molecule has 0 saturated heterocycles. The van der Waals surface area contributed by atoms with Crippen LogP contribution in [0.3, 0.4) is 0 Å². The third-order valence-electron chi connectivity index (χ3n) is 3.11. The van der Waals surface area contributed by atoms with Gasteiger partial charge in [0.2, 0.25) is 0 Å². The summed E-state index contributed by atoms with van der Waals surface area (Å²) in [5.74, 6) is -0.313. The number of carbonyl (C=O) groups excluding carboxylic acids is 1. The maximum Gasteiger partial charge on any atom is 0.254 e.